The van der Waals surface area contributed by atoms with E-state index in [2.05, 4.69) is 55.5 Å². The van der Waals surface area contributed by atoms with Gasteiger partial charge < -0.3 is 35.9 Å². The van der Waals surface area contributed by atoms with E-state index in [0.717, 1.165) is 37.4 Å². The van der Waals surface area contributed by atoms with Crippen molar-refractivity contribution in [3.63, 3.8) is 0 Å². The van der Waals surface area contributed by atoms with Gasteiger partial charge in [0.05, 0.1) is 29.4 Å². The molecule has 1 amide bonds. The zero-order valence-electron chi connectivity index (χ0n) is 20.9. The molecule has 0 unspecified atom stereocenters. The summed E-state index contributed by atoms with van der Waals surface area (Å²) in [6, 6.07) is 10.2. The fourth-order valence-electron chi connectivity index (χ4n) is 4.52. The zero-order valence-corrected chi connectivity index (χ0v) is 20.9. The highest BCUT2D eigenvalue weighted by atomic mass is 19.1. The van der Waals surface area contributed by atoms with Crippen molar-refractivity contribution in [1.29, 1.82) is 0 Å². The van der Waals surface area contributed by atoms with Crippen molar-refractivity contribution in [3.8, 4) is 5.75 Å². The number of nitrogens with two attached hydrogens (primary N) is 1. The molecule has 0 atom stereocenters. The van der Waals surface area contributed by atoms with Gasteiger partial charge >= 0.3 is 0 Å². The van der Waals surface area contributed by atoms with Gasteiger partial charge in [0.1, 0.15) is 23.0 Å². The molecule has 1 aliphatic heterocycles. The van der Waals surface area contributed by atoms with Gasteiger partial charge in [-0.1, -0.05) is 13.5 Å². The number of fused-ring (bicyclic) bond motifs is 2. The van der Waals surface area contributed by atoms with Crippen molar-refractivity contribution in [2.24, 2.45) is 5.73 Å². The van der Waals surface area contributed by atoms with Crippen molar-refractivity contribution in [2.45, 2.75) is 13.8 Å². The molecule has 0 spiro atoms. The van der Waals surface area contributed by atoms with E-state index in [1.165, 1.54) is 17.7 Å². The molecule has 4 aromatic rings. The number of ether oxygens (including phenoxy) is 1. The Kier molecular flexibility index (Phi) is 7.67. The number of methoxy groups -OCH3 is 1. The maximum absolute atomic E-state index is 14.3. The van der Waals surface area contributed by atoms with Crippen LogP contribution >= 0.6 is 0 Å². The number of likely N-dealkylation sites (N-methyl/N-ethyl adjacent to an activating group) is 1. The molecule has 38 heavy (non-hydrogen) atoms. The summed E-state index contributed by atoms with van der Waals surface area (Å²) in [5, 5.41) is 7.01. The summed E-state index contributed by atoms with van der Waals surface area (Å²) in [7, 11) is 5.75. The van der Waals surface area contributed by atoms with Gasteiger partial charge in [0, 0.05) is 31.5 Å². The average Bonchev–Trinajstić information content (AvgIpc) is 3.49. The number of hydrogen-bond acceptors (Lipinski definition) is 8. The van der Waals surface area contributed by atoms with Gasteiger partial charge in [-0.25, -0.2) is 4.39 Å². The highest BCUT2D eigenvalue weighted by molar-refractivity contribution is 6.01. The van der Waals surface area contributed by atoms with Crippen LogP contribution in [0.25, 0.3) is 11.0 Å². The molecule has 2 aromatic heterocycles. The lowest BCUT2D eigenvalue weighted by molar-refractivity contribution is 0.0997. The van der Waals surface area contributed by atoms with E-state index in [9.17, 15) is 9.18 Å². The van der Waals surface area contributed by atoms with E-state index in [4.69, 9.17) is 10.5 Å². The summed E-state index contributed by atoms with van der Waals surface area (Å²) in [6.45, 7) is 2.81. The number of carbonyl (C=O) groups is 1. The van der Waals surface area contributed by atoms with Crippen LogP contribution in [0.15, 0.2) is 42.6 Å². The molecule has 0 bridgehead atoms. The standard InChI is InChI=1S/C26H29FN8O2.CH4/c1-34(2)11-12-35-10-8-15-13-21(37-3)19(14-20(15)35)31-26-32-24-16(7-9-29-24)25(33-26)30-18-6-4-5-17(27)22(18)23(28)36;/h4-7,9,13-14H,8,10-12H2,1-3H3,(H2,28,36)(H3,29,30,31,32,33);1H4. The molecular weight excluding hydrogens is 487 g/mol. The molecular formula is C27H33FN8O2. The van der Waals surface area contributed by atoms with Crippen molar-refractivity contribution in [2.75, 3.05) is 56.4 Å². The fourth-order valence-corrected chi connectivity index (χ4v) is 4.52. The molecule has 10 nitrogen and oxygen atoms in total. The summed E-state index contributed by atoms with van der Waals surface area (Å²) in [4.78, 5) is 28.7. The highest BCUT2D eigenvalue weighted by Crippen LogP contribution is 2.38. The first-order valence-corrected chi connectivity index (χ1v) is 11.9. The molecule has 2 aromatic carbocycles. The number of nitrogens with zero attached hydrogens (tertiary/aromatic N) is 4. The SMILES string of the molecule is C.COc1cc2c(cc1Nc1nc(Nc3cccc(F)c3C(N)=O)c3cc[nH]c3n1)N(CCN(C)C)CC2. The third-order valence-corrected chi connectivity index (χ3v) is 6.38. The topological polar surface area (TPSA) is 124 Å². The Hall–Kier alpha value is -4.38. The van der Waals surface area contributed by atoms with Gasteiger partial charge in [-0.15, -0.1) is 0 Å². The first kappa shape index (κ1) is 26.7. The van der Waals surface area contributed by atoms with Crippen molar-refractivity contribution >= 4 is 45.8 Å². The third kappa shape index (κ3) is 5.18. The first-order valence-electron chi connectivity index (χ1n) is 11.9. The Morgan fingerprint density at radius 3 is 2.76 bits per heavy atom. The Labute approximate surface area is 221 Å². The van der Waals surface area contributed by atoms with Crippen LogP contribution in [0.1, 0.15) is 23.3 Å². The lowest BCUT2D eigenvalue weighted by Crippen LogP contribution is -2.30. The van der Waals surface area contributed by atoms with Crippen molar-refractivity contribution < 1.29 is 13.9 Å². The van der Waals surface area contributed by atoms with E-state index in [1.807, 2.05) is 6.07 Å². The van der Waals surface area contributed by atoms with E-state index in [1.54, 1.807) is 25.4 Å². The molecule has 0 saturated carbocycles. The number of aromatic amines is 1. The minimum absolute atomic E-state index is 0. The Morgan fingerprint density at radius 1 is 1.21 bits per heavy atom. The lowest BCUT2D eigenvalue weighted by Gasteiger charge is -2.23. The first-order chi connectivity index (χ1) is 17.8. The summed E-state index contributed by atoms with van der Waals surface area (Å²) < 4.78 is 20.0. The van der Waals surface area contributed by atoms with E-state index < -0.39 is 11.7 Å². The quantitative estimate of drug-likeness (QED) is 0.258. The van der Waals surface area contributed by atoms with Gasteiger partial charge in [-0.2, -0.15) is 9.97 Å². The summed E-state index contributed by atoms with van der Waals surface area (Å²) in [5.41, 5.74) is 9.06. The fraction of sp³-hybridized carbons (Fsp3) is 0.296. The number of halogens is 1. The highest BCUT2D eigenvalue weighted by Gasteiger charge is 2.23. The van der Waals surface area contributed by atoms with E-state index >= 15 is 0 Å². The number of aromatic nitrogens is 3. The number of hydrogen-bond donors (Lipinski definition) is 4. The number of carbonyl (C=O) groups excluding carboxylic acids is 1. The Morgan fingerprint density at radius 2 is 2.03 bits per heavy atom. The average molecular weight is 521 g/mol. The smallest absolute Gasteiger partial charge is 0.253 e. The number of rotatable bonds is 9. The minimum atomic E-state index is -0.875. The molecule has 0 fully saturated rings. The van der Waals surface area contributed by atoms with Gasteiger partial charge in [0.2, 0.25) is 5.95 Å². The van der Waals surface area contributed by atoms with Crippen LogP contribution in [0, 0.1) is 5.82 Å². The van der Waals surface area contributed by atoms with Gasteiger partial charge in [0.25, 0.3) is 5.91 Å². The molecule has 0 radical (unpaired) electrons. The van der Waals surface area contributed by atoms with E-state index in [-0.39, 0.29) is 18.7 Å². The number of anilines is 5. The Balaban J connectivity index is 0.00000336. The number of benzene rings is 2. The van der Waals surface area contributed by atoms with Crippen LogP contribution in [0.5, 0.6) is 5.75 Å². The van der Waals surface area contributed by atoms with Crippen LogP contribution in [-0.2, 0) is 6.42 Å². The minimum Gasteiger partial charge on any atom is -0.495 e. The maximum atomic E-state index is 14.3. The van der Waals surface area contributed by atoms with Crippen molar-refractivity contribution in [1.82, 2.24) is 19.9 Å². The lowest BCUT2D eigenvalue weighted by atomic mass is 10.1. The molecule has 0 saturated heterocycles. The van der Waals surface area contributed by atoms with Crippen LogP contribution in [0.3, 0.4) is 0 Å². The van der Waals surface area contributed by atoms with Gasteiger partial charge in [0.15, 0.2) is 0 Å². The second-order valence-corrected chi connectivity index (χ2v) is 9.13. The molecule has 3 heterocycles. The second kappa shape index (κ2) is 10.9. The van der Waals surface area contributed by atoms with Gasteiger partial charge in [-0.3, -0.25) is 4.79 Å². The zero-order chi connectivity index (χ0) is 26.1. The molecule has 200 valence electrons. The van der Waals surface area contributed by atoms with Crippen LogP contribution in [0.4, 0.5) is 33.2 Å². The number of primary amides is 1. The second-order valence-electron chi connectivity index (χ2n) is 9.13. The largest absolute Gasteiger partial charge is 0.495 e. The molecule has 11 heteroatoms. The van der Waals surface area contributed by atoms with Crippen LogP contribution in [-0.4, -0.2) is 66.6 Å². The van der Waals surface area contributed by atoms with Crippen LogP contribution < -0.4 is 26.0 Å². The third-order valence-electron chi connectivity index (χ3n) is 6.38. The van der Waals surface area contributed by atoms with E-state index in [0.29, 0.717) is 28.5 Å². The predicted octanol–water partition coefficient (Wildman–Crippen LogP) is 4.25. The van der Waals surface area contributed by atoms with Crippen molar-refractivity contribution in [3.05, 3.63) is 59.5 Å². The Bertz CT molecular complexity index is 1470. The molecule has 5 rings (SSSR count). The predicted molar refractivity (Wildman–Crippen MR) is 150 cm³/mol. The molecule has 5 N–H and O–H groups in total. The maximum Gasteiger partial charge on any atom is 0.253 e. The summed E-state index contributed by atoms with van der Waals surface area (Å²) in [6.07, 6.45) is 2.68. The number of nitrogens with one attached hydrogen (secondary N) is 3. The normalized spacial score (nSPS) is 12.4. The van der Waals surface area contributed by atoms with Crippen LogP contribution in [0.2, 0.25) is 0 Å². The number of amides is 1. The summed E-state index contributed by atoms with van der Waals surface area (Å²) >= 11 is 0. The molecule has 0 aliphatic carbocycles. The number of H-pyrrole nitrogens is 1. The van der Waals surface area contributed by atoms with Gasteiger partial charge in [-0.05, 0) is 56.4 Å². The molecule has 1 aliphatic rings. The summed E-state index contributed by atoms with van der Waals surface area (Å²) in [5.74, 6) is -0.226. The monoisotopic (exact) mass is 520 g/mol.